The SMILES string of the molecule is COC(=O)CSC1=C(C#N)[C@H](c2ccccc2)C(C(=O)Nc2ccccc2)=C(C)N1. The second-order valence-electron chi connectivity index (χ2n) is 6.55. The molecule has 0 fully saturated rings. The van der Waals surface area contributed by atoms with Gasteiger partial charge < -0.3 is 15.4 Å². The number of anilines is 1. The van der Waals surface area contributed by atoms with E-state index in [-0.39, 0.29) is 11.7 Å². The van der Waals surface area contributed by atoms with Crippen LogP contribution < -0.4 is 10.6 Å². The Labute approximate surface area is 179 Å². The number of hydrogen-bond donors (Lipinski definition) is 2. The highest BCUT2D eigenvalue weighted by molar-refractivity contribution is 8.03. The van der Waals surface area contributed by atoms with Crippen LogP contribution in [0.4, 0.5) is 5.69 Å². The van der Waals surface area contributed by atoms with E-state index < -0.39 is 11.9 Å². The summed E-state index contributed by atoms with van der Waals surface area (Å²) in [6.45, 7) is 1.79. The van der Waals surface area contributed by atoms with Crippen LogP contribution in [0.15, 0.2) is 82.5 Å². The molecule has 7 heteroatoms. The number of para-hydroxylation sites is 1. The molecular weight excluding hydrogens is 398 g/mol. The molecule has 1 amide bonds. The van der Waals surface area contributed by atoms with E-state index in [1.165, 1.54) is 18.9 Å². The van der Waals surface area contributed by atoms with E-state index in [9.17, 15) is 14.9 Å². The van der Waals surface area contributed by atoms with Crippen LogP contribution >= 0.6 is 11.8 Å². The van der Waals surface area contributed by atoms with E-state index in [2.05, 4.69) is 16.7 Å². The molecule has 0 saturated heterocycles. The number of allylic oxidation sites excluding steroid dienone is 2. The Balaban J connectivity index is 2.02. The van der Waals surface area contributed by atoms with Crippen molar-refractivity contribution in [3.8, 4) is 6.07 Å². The Morgan fingerprint density at radius 3 is 2.37 bits per heavy atom. The number of benzene rings is 2. The summed E-state index contributed by atoms with van der Waals surface area (Å²) in [6.07, 6.45) is 0. The molecule has 0 saturated carbocycles. The number of nitrogens with zero attached hydrogens (tertiary/aromatic N) is 1. The van der Waals surface area contributed by atoms with Crippen LogP contribution in [0.3, 0.4) is 0 Å². The highest BCUT2D eigenvalue weighted by Crippen LogP contribution is 2.40. The Morgan fingerprint density at radius 2 is 1.77 bits per heavy atom. The summed E-state index contributed by atoms with van der Waals surface area (Å²) in [6, 6.07) is 20.8. The van der Waals surface area contributed by atoms with Crippen LogP contribution in [-0.4, -0.2) is 24.7 Å². The summed E-state index contributed by atoms with van der Waals surface area (Å²) < 4.78 is 4.71. The second kappa shape index (κ2) is 9.81. The third-order valence-electron chi connectivity index (χ3n) is 4.62. The van der Waals surface area contributed by atoms with Gasteiger partial charge in [0.2, 0.25) is 0 Å². The minimum atomic E-state index is -0.554. The van der Waals surface area contributed by atoms with Crippen LogP contribution in [0.2, 0.25) is 0 Å². The molecule has 1 aliphatic heterocycles. The van der Waals surface area contributed by atoms with Crippen molar-refractivity contribution < 1.29 is 14.3 Å². The van der Waals surface area contributed by atoms with Crippen molar-refractivity contribution in [3.05, 3.63) is 88.1 Å². The number of amides is 1. The molecule has 2 aromatic carbocycles. The molecule has 152 valence electrons. The summed E-state index contributed by atoms with van der Waals surface area (Å²) in [4.78, 5) is 24.8. The lowest BCUT2D eigenvalue weighted by Gasteiger charge is -2.29. The quantitative estimate of drug-likeness (QED) is 0.690. The molecule has 0 aliphatic carbocycles. The smallest absolute Gasteiger partial charge is 0.316 e. The molecule has 0 unspecified atom stereocenters. The minimum Gasteiger partial charge on any atom is -0.468 e. The number of esters is 1. The fraction of sp³-hybridized carbons (Fsp3) is 0.174. The summed E-state index contributed by atoms with van der Waals surface area (Å²) in [5.74, 6) is -1.17. The zero-order valence-corrected chi connectivity index (χ0v) is 17.5. The van der Waals surface area contributed by atoms with Gasteiger partial charge in [0, 0.05) is 17.0 Å². The van der Waals surface area contributed by atoms with Crippen LogP contribution in [0.1, 0.15) is 18.4 Å². The van der Waals surface area contributed by atoms with Gasteiger partial charge in [-0.25, -0.2) is 0 Å². The van der Waals surface area contributed by atoms with Gasteiger partial charge in [0.25, 0.3) is 5.91 Å². The minimum absolute atomic E-state index is 0.0599. The van der Waals surface area contributed by atoms with Crippen molar-refractivity contribution >= 4 is 29.3 Å². The molecule has 3 rings (SSSR count). The van der Waals surface area contributed by atoms with Gasteiger partial charge >= 0.3 is 5.97 Å². The molecular formula is C23H21N3O3S. The van der Waals surface area contributed by atoms with Crippen molar-refractivity contribution in [3.63, 3.8) is 0 Å². The number of rotatable bonds is 6. The number of carbonyl (C=O) groups is 2. The highest BCUT2D eigenvalue weighted by Gasteiger charge is 2.34. The van der Waals surface area contributed by atoms with Crippen molar-refractivity contribution in [2.45, 2.75) is 12.8 Å². The van der Waals surface area contributed by atoms with Gasteiger partial charge in [-0.05, 0) is 24.6 Å². The third kappa shape index (κ3) is 4.73. The molecule has 1 aliphatic rings. The van der Waals surface area contributed by atoms with Crippen LogP contribution in [0, 0.1) is 11.3 Å². The summed E-state index contributed by atoms with van der Waals surface area (Å²) >= 11 is 1.19. The first-order valence-corrected chi connectivity index (χ1v) is 10.3. The fourth-order valence-corrected chi connectivity index (χ4v) is 4.14. The monoisotopic (exact) mass is 419 g/mol. The molecule has 6 nitrogen and oxygen atoms in total. The maximum Gasteiger partial charge on any atom is 0.316 e. The summed E-state index contributed by atoms with van der Waals surface area (Å²) in [5.41, 5.74) is 2.97. The molecule has 0 radical (unpaired) electrons. The molecule has 0 spiro atoms. The van der Waals surface area contributed by atoms with Gasteiger partial charge in [-0.2, -0.15) is 5.26 Å². The number of dihydropyridines is 1. The predicted molar refractivity (Wildman–Crippen MR) is 117 cm³/mol. The maximum atomic E-state index is 13.2. The van der Waals surface area contributed by atoms with Gasteiger partial charge in [0.1, 0.15) is 0 Å². The Kier molecular flexibility index (Phi) is 6.94. The Morgan fingerprint density at radius 1 is 1.13 bits per heavy atom. The number of methoxy groups -OCH3 is 1. The number of nitriles is 1. The Bertz CT molecular complexity index is 1040. The van der Waals surface area contributed by atoms with E-state index in [0.29, 0.717) is 27.6 Å². The number of nitrogens with one attached hydrogen (secondary N) is 2. The molecule has 0 aromatic heterocycles. The van der Waals surface area contributed by atoms with E-state index in [1.807, 2.05) is 48.5 Å². The largest absolute Gasteiger partial charge is 0.468 e. The topological polar surface area (TPSA) is 91.2 Å². The first-order valence-electron chi connectivity index (χ1n) is 9.28. The van der Waals surface area contributed by atoms with Crippen molar-refractivity contribution in [1.29, 1.82) is 5.26 Å². The van der Waals surface area contributed by atoms with E-state index in [0.717, 1.165) is 5.56 Å². The first-order chi connectivity index (χ1) is 14.5. The lowest BCUT2D eigenvalue weighted by atomic mass is 9.82. The first kappa shape index (κ1) is 21.2. The molecule has 2 N–H and O–H groups in total. The fourth-order valence-electron chi connectivity index (χ4n) is 3.22. The van der Waals surface area contributed by atoms with Crippen LogP contribution in [0.25, 0.3) is 0 Å². The number of ether oxygens (including phenoxy) is 1. The summed E-state index contributed by atoms with van der Waals surface area (Å²) in [5, 5.41) is 16.6. The van der Waals surface area contributed by atoms with Crippen LogP contribution in [-0.2, 0) is 14.3 Å². The number of hydrogen-bond acceptors (Lipinski definition) is 6. The van der Waals surface area contributed by atoms with E-state index in [4.69, 9.17) is 4.74 Å². The predicted octanol–water partition coefficient (Wildman–Crippen LogP) is 3.93. The molecule has 2 aromatic rings. The van der Waals surface area contributed by atoms with Crippen molar-refractivity contribution in [2.24, 2.45) is 0 Å². The molecule has 30 heavy (non-hydrogen) atoms. The average molecular weight is 420 g/mol. The van der Waals surface area contributed by atoms with Gasteiger partial charge in [-0.3, -0.25) is 9.59 Å². The van der Waals surface area contributed by atoms with E-state index >= 15 is 0 Å². The highest BCUT2D eigenvalue weighted by atomic mass is 32.2. The third-order valence-corrected chi connectivity index (χ3v) is 5.61. The molecule has 1 heterocycles. The average Bonchev–Trinajstić information content (AvgIpc) is 2.78. The zero-order chi connectivity index (χ0) is 21.5. The second-order valence-corrected chi connectivity index (χ2v) is 7.53. The van der Waals surface area contributed by atoms with Crippen molar-refractivity contribution in [1.82, 2.24) is 5.32 Å². The normalized spacial score (nSPS) is 15.8. The lowest BCUT2D eigenvalue weighted by Crippen LogP contribution is -2.31. The number of thioether (sulfide) groups is 1. The molecule has 0 bridgehead atoms. The maximum absolute atomic E-state index is 13.2. The van der Waals surface area contributed by atoms with Gasteiger partial charge in [-0.1, -0.05) is 60.3 Å². The van der Waals surface area contributed by atoms with Gasteiger partial charge in [0.05, 0.1) is 35.5 Å². The number of carbonyl (C=O) groups excluding carboxylic acids is 2. The van der Waals surface area contributed by atoms with Gasteiger partial charge in [0.15, 0.2) is 0 Å². The Hall–Kier alpha value is -3.50. The molecule has 1 atom stereocenters. The van der Waals surface area contributed by atoms with Gasteiger partial charge in [-0.15, -0.1) is 0 Å². The summed E-state index contributed by atoms with van der Waals surface area (Å²) in [7, 11) is 1.32. The zero-order valence-electron chi connectivity index (χ0n) is 16.6. The van der Waals surface area contributed by atoms with Crippen LogP contribution in [0.5, 0.6) is 0 Å². The van der Waals surface area contributed by atoms with E-state index in [1.54, 1.807) is 19.1 Å². The lowest BCUT2D eigenvalue weighted by molar-refractivity contribution is -0.137. The van der Waals surface area contributed by atoms with Crippen molar-refractivity contribution in [2.75, 3.05) is 18.2 Å². The standard InChI is InChI=1S/C23H21N3O3S/c1-15-20(22(28)26-17-11-7-4-8-12-17)21(16-9-5-3-6-10-16)18(13-24)23(25-15)30-14-19(27)29-2/h3-12,21,25H,14H2,1-2H3,(H,26,28)/t21-/m0/s1.